The maximum absolute atomic E-state index is 5.95. The minimum Gasteiger partial charge on any atom is -0.489 e. The number of benzene rings is 2. The predicted molar refractivity (Wildman–Crippen MR) is 97.0 cm³/mol. The van der Waals surface area contributed by atoms with Crippen molar-refractivity contribution >= 4 is 0 Å². The lowest BCUT2D eigenvalue weighted by Crippen LogP contribution is -2.22. The molecule has 0 saturated carbocycles. The molecule has 0 radical (unpaired) electrons. The first-order valence-corrected chi connectivity index (χ1v) is 8.27. The Morgan fingerprint density at radius 1 is 0.958 bits per heavy atom. The fourth-order valence-corrected chi connectivity index (χ4v) is 2.70. The van der Waals surface area contributed by atoms with Gasteiger partial charge in [0.1, 0.15) is 12.4 Å². The van der Waals surface area contributed by atoms with Crippen LogP contribution >= 0.6 is 0 Å². The molecule has 1 unspecified atom stereocenters. The molecule has 3 heteroatoms. The van der Waals surface area contributed by atoms with Crippen LogP contribution in [-0.2, 0) is 6.61 Å². The molecule has 3 nitrogen and oxygen atoms in total. The zero-order valence-corrected chi connectivity index (χ0v) is 13.9. The predicted octanol–water partition coefficient (Wildman–Crippen LogP) is 4.36. The molecule has 0 aliphatic carbocycles. The molecule has 1 atom stereocenters. The van der Waals surface area contributed by atoms with Crippen molar-refractivity contribution in [3.63, 3.8) is 0 Å². The molecule has 0 aliphatic heterocycles. The molecular formula is C21H22N2O. The summed E-state index contributed by atoms with van der Waals surface area (Å²) in [4.78, 5) is 4.24. The number of pyridine rings is 1. The quantitative estimate of drug-likeness (QED) is 0.703. The molecule has 3 rings (SSSR count). The molecule has 3 aromatic rings. The van der Waals surface area contributed by atoms with Gasteiger partial charge < -0.3 is 10.1 Å². The third-order valence-electron chi connectivity index (χ3n) is 3.87. The molecule has 122 valence electrons. The van der Waals surface area contributed by atoms with E-state index in [4.69, 9.17) is 4.74 Å². The highest BCUT2D eigenvalue weighted by Crippen LogP contribution is 2.25. The van der Waals surface area contributed by atoms with Crippen molar-refractivity contribution in [2.75, 3.05) is 6.54 Å². The van der Waals surface area contributed by atoms with Gasteiger partial charge in [0.15, 0.2) is 0 Å². The standard InChI is InChI=1S/C21H22N2O/c1-2-23-21(19-11-7-13-22-15-19)18-10-6-12-20(14-18)24-16-17-8-4-3-5-9-17/h3-15,21,23H,2,16H2,1H3. The molecular weight excluding hydrogens is 296 g/mol. The van der Waals surface area contributed by atoms with E-state index in [1.807, 2.05) is 42.6 Å². The maximum atomic E-state index is 5.95. The van der Waals surface area contributed by atoms with Crippen LogP contribution in [-0.4, -0.2) is 11.5 Å². The summed E-state index contributed by atoms with van der Waals surface area (Å²) < 4.78 is 5.95. The Morgan fingerprint density at radius 3 is 2.54 bits per heavy atom. The lowest BCUT2D eigenvalue weighted by molar-refractivity contribution is 0.305. The second-order valence-corrected chi connectivity index (χ2v) is 5.62. The van der Waals surface area contributed by atoms with Gasteiger partial charge in [-0.15, -0.1) is 0 Å². The number of rotatable bonds is 7. The highest BCUT2D eigenvalue weighted by Gasteiger charge is 2.13. The Morgan fingerprint density at radius 2 is 1.79 bits per heavy atom. The highest BCUT2D eigenvalue weighted by atomic mass is 16.5. The zero-order chi connectivity index (χ0) is 16.6. The van der Waals surface area contributed by atoms with Gasteiger partial charge in [-0.05, 0) is 41.4 Å². The third-order valence-corrected chi connectivity index (χ3v) is 3.87. The first kappa shape index (κ1) is 16.2. The van der Waals surface area contributed by atoms with Crippen LogP contribution in [0, 0.1) is 0 Å². The number of hydrogen-bond donors (Lipinski definition) is 1. The van der Waals surface area contributed by atoms with Gasteiger partial charge in [0.25, 0.3) is 0 Å². The normalized spacial score (nSPS) is 11.9. The van der Waals surface area contributed by atoms with E-state index in [2.05, 4.69) is 47.6 Å². The molecule has 0 fully saturated rings. The van der Waals surface area contributed by atoms with Crippen molar-refractivity contribution in [2.45, 2.75) is 19.6 Å². The van der Waals surface area contributed by atoms with Gasteiger partial charge in [-0.25, -0.2) is 0 Å². The number of aromatic nitrogens is 1. The number of ether oxygens (including phenoxy) is 1. The number of hydrogen-bond acceptors (Lipinski definition) is 3. The molecule has 24 heavy (non-hydrogen) atoms. The second kappa shape index (κ2) is 8.27. The molecule has 1 heterocycles. The first-order chi connectivity index (χ1) is 11.9. The van der Waals surface area contributed by atoms with Gasteiger partial charge in [0.2, 0.25) is 0 Å². The average Bonchev–Trinajstić information content (AvgIpc) is 2.66. The van der Waals surface area contributed by atoms with Gasteiger partial charge in [0.05, 0.1) is 6.04 Å². The summed E-state index contributed by atoms with van der Waals surface area (Å²) in [5.41, 5.74) is 3.49. The molecule has 2 aromatic carbocycles. The Kier molecular flexibility index (Phi) is 5.59. The van der Waals surface area contributed by atoms with Gasteiger partial charge in [0, 0.05) is 12.4 Å². The van der Waals surface area contributed by atoms with E-state index in [0.29, 0.717) is 6.61 Å². The van der Waals surface area contributed by atoms with Crippen molar-refractivity contribution < 1.29 is 4.74 Å². The maximum Gasteiger partial charge on any atom is 0.120 e. The summed E-state index contributed by atoms with van der Waals surface area (Å²) in [7, 11) is 0. The number of nitrogens with zero attached hydrogens (tertiary/aromatic N) is 1. The van der Waals surface area contributed by atoms with Gasteiger partial charge in [-0.1, -0.05) is 55.5 Å². The lowest BCUT2D eigenvalue weighted by Gasteiger charge is -2.19. The van der Waals surface area contributed by atoms with E-state index in [-0.39, 0.29) is 6.04 Å². The topological polar surface area (TPSA) is 34.2 Å². The van der Waals surface area contributed by atoms with Crippen molar-refractivity contribution in [2.24, 2.45) is 0 Å². The SMILES string of the molecule is CCNC(c1cccnc1)c1cccc(OCc2ccccc2)c1. The summed E-state index contributed by atoms with van der Waals surface area (Å²) in [6.45, 7) is 3.57. The minimum atomic E-state index is 0.115. The Labute approximate surface area is 143 Å². The summed E-state index contributed by atoms with van der Waals surface area (Å²) in [6.07, 6.45) is 3.71. The summed E-state index contributed by atoms with van der Waals surface area (Å²) >= 11 is 0. The van der Waals surface area contributed by atoms with Crippen LogP contribution in [0.2, 0.25) is 0 Å². The average molecular weight is 318 g/mol. The number of nitrogens with one attached hydrogen (secondary N) is 1. The van der Waals surface area contributed by atoms with Crippen molar-refractivity contribution in [1.82, 2.24) is 10.3 Å². The fraction of sp³-hybridized carbons (Fsp3) is 0.190. The minimum absolute atomic E-state index is 0.115. The lowest BCUT2D eigenvalue weighted by atomic mass is 10.00. The molecule has 1 N–H and O–H groups in total. The smallest absolute Gasteiger partial charge is 0.120 e. The molecule has 0 bridgehead atoms. The van der Waals surface area contributed by atoms with Crippen LogP contribution in [0.5, 0.6) is 5.75 Å². The van der Waals surface area contributed by atoms with Crippen LogP contribution in [0.4, 0.5) is 0 Å². The van der Waals surface area contributed by atoms with E-state index in [9.17, 15) is 0 Å². The van der Waals surface area contributed by atoms with Crippen molar-refractivity contribution in [1.29, 1.82) is 0 Å². The van der Waals surface area contributed by atoms with Crippen LogP contribution < -0.4 is 10.1 Å². The summed E-state index contributed by atoms with van der Waals surface area (Å²) in [5, 5.41) is 3.52. The van der Waals surface area contributed by atoms with Crippen LogP contribution in [0.25, 0.3) is 0 Å². The van der Waals surface area contributed by atoms with Gasteiger partial charge in [-0.3, -0.25) is 4.98 Å². The van der Waals surface area contributed by atoms with Crippen LogP contribution in [0.15, 0.2) is 79.1 Å². The second-order valence-electron chi connectivity index (χ2n) is 5.62. The molecule has 0 saturated heterocycles. The Bertz CT molecular complexity index is 744. The third kappa shape index (κ3) is 4.21. The Balaban J connectivity index is 1.77. The summed E-state index contributed by atoms with van der Waals surface area (Å²) in [6, 6.07) is 22.6. The van der Waals surface area contributed by atoms with Crippen molar-refractivity contribution in [3.8, 4) is 5.75 Å². The molecule has 1 aromatic heterocycles. The van der Waals surface area contributed by atoms with Crippen molar-refractivity contribution in [3.05, 3.63) is 95.8 Å². The van der Waals surface area contributed by atoms with E-state index in [1.165, 1.54) is 11.1 Å². The summed E-state index contributed by atoms with van der Waals surface area (Å²) in [5.74, 6) is 0.878. The molecule has 0 aliphatic rings. The molecule has 0 spiro atoms. The van der Waals surface area contributed by atoms with E-state index >= 15 is 0 Å². The van der Waals surface area contributed by atoms with Crippen LogP contribution in [0.1, 0.15) is 29.7 Å². The fourth-order valence-electron chi connectivity index (χ4n) is 2.70. The molecule has 0 amide bonds. The van der Waals surface area contributed by atoms with E-state index in [1.54, 1.807) is 6.20 Å². The largest absolute Gasteiger partial charge is 0.489 e. The van der Waals surface area contributed by atoms with Crippen LogP contribution in [0.3, 0.4) is 0 Å². The Hall–Kier alpha value is -2.65. The zero-order valence-electron chi connectivity index (χ0n) is 13.9. The van der Waals surface area contributed by atoms with Gasteiger partial charge >= 0.3 is 0 Å². The monoisotopic (exact) mass is 318 g/mol. The van der Waals surface area contributed by atoms with E-state index < -0.39 is 0 Å². The highest BCUT2D eigenvalue weighted by molar-refractivity contribution is 5.36. The first-order valence-electron chi connectivity index (χ1n) is 8.27. The van der Waals surface area contributed by atoms with E-state index in [0.717, 1.165) is 17.9 Å². The van der Waals surface area contributed by atoms with Gasteiger partial charge in [-0.2, -0.15) is 0 Å².